The number of hydrogen-bond donors (Lipinski definition) is 9. The first kappa shape index (κ1) is 48.5. The van der Waals surface area contributed by atoms with Crippen LogP contribution in [0.5, 0.6) is 0 Å². The summed E-state index contributed by atoms with van der Waals surface area (Å²) in [5.41, 5.74) is 6.30. The average Bonchev–Trinajstić information content (AvgIpc) is 3.22. The van der Waals surface area contributed by atoms with Gasteiger partial charge in [0.25, 0.3) is 5.91 Å². The quantitative estimate of drug-likeness (QED) is 0.0690. The maximum Gasteiger partial charge on any atom is 0.408 e. The number of carbonyl (C=O) groups excluding carboxylic acids is 6. The van der Waals surface area contributed by atoms with Crippen molar-refractivity contribution in [3.8, 4) is 0 Å². The van der Waals surface area contributed by atoms with Gasteiger partial charge in [-0.1, -0.05) is 111 Å². The molecule has 0 bridgehead atoms. The summed E-state index contributed by atoms with van der Waals surface area (Å²) < 4.78 is 11.2. The Morgan fingerprint density at radius 1 is 0.683 bits per heavy atom. The number of esters is 1. The van der Waals surface area contributed by atoms with Crippen LogP contribution in [-0.2, 0) is 33.4 Å². The van der Waals surface area contributed by atoms with Gasteiger partial charge in [-0.25, -0.2) is 4.79 Å². The summed E-state index contributed by atoms with van der Waals surface area (Å²) >= 11 is 0. The van der Waals surface area contributed by atoms with Gasteiger partial charge in [0.2, 0.25) is 17.7 Å². The molecule has 0 unspecified atom stereocenters. The zero-order valence-electron chi connectivity index (χ0n) is 34.3. The molecule has 0 radical (unpaired) electrons. The summed E-state index contributed by atoms with van der Waals surface area (Å²) in [6.07, 6.45) is -9.35. The minimum atomic E-state index is -2.37. The van der Waals surface area contributed by atoms with Gasteiger partial charge >= 0.3 is 12.1 Å². The Bertz CT molecular complexity index is 1820. The highest BCUT2D eigenvalue weighted by molar-refractivity contribution is 5.94. The number of ether oxygens (including phenoxy) is 2. The molecule has 17 heteroatoms. The molecule has 0 heterocycles. The molecular weight excluding hydrogens is 778 g/mol. The third kappa shape index (κ3) is 15.1. The fourth-order valence-corrected chi connectivity index (χ4v) is 6.04. The van der Waals surface area contributed by atoms with Gasteiger partial charge in [0.05, 0.1) is 31.5 Å². The van der Waals surface area contributed by atoms with Crippen LogP contribution in [0.2, 0.25) is 0 Å². The molecule has 0 aliphatic carbocycles. The predicted octanol–water partition coefficient (Wildman–Crippen LogP) is 1.43. The summed E-state index contributed by atoms with van der Waals surface area (Å²) in [7, 11) is 0. The van der Waals surface area contributed by atoms with E-state index in [-0.39, 0.29) is 0 Å². The number of aliphatic hydroxyl groups is 4. The average molecular weight is 836 g/mol. The molecule has 17 nitrogen and oxygen atoms in total. The van der Waals surface area contributed by atoms with Gasteiger partial charge < -0.3 is 56.9 Å². The van der Waals surface area contributed by atoms with E-state index in [2.05, 4.69) is 21.3 Å². The van der Waals surface area contributed by atoms with Crippen molar-refractivity contribution < 1.29 is 58.7 Å². The minimum Gasteiger partial charge on any atom is -0.452 e. The van der Waals surface area contributed by atoms with Crippen LogP contribution in [0.1, 0.15) is 82.7 Å². The fourth-order valence-electron chi connectivity index (χ4n) is 6.04. The molecule has 0 fully saturated rings. The van der Waals surface area contributed by atoms with Crippen molar-refractivity contribution in [3.05, 3.63) is 108 Å². The van der Waals surface area contributed by atoms with Gasteiger partial charge in [-0.05, 0) is 43.4 Å². The van der Waals surface area contributed by atoms with E-state index in [1.54, 1.807) is 113 Å². The van der Waals surface area contributed by atoms with E-state index in [0.29, 0.717) is 23.1 Å². The standard InChI is InChI=1S/C43H57N5O12/c1-6-25(2)34(48-42(58)60-43(3,4)5)40(56)46-30(22-32(44)50)39(55)47-31(24-49)35(52)36(53)37(54)41(57)45-29(26-16-10-7-11-17-26)23-33(51)59-38(27-18-12-8-13-19-27)28-20-14-9-15-21-28/h7-21,25,29-31,34-38,49,52-54H,6,22-24H2,1-5H3,(H2,44,50)(H,45,57)(H,46,56)(H,47,55)(H,48,58)/t25-,29-,30-,31-,34-,35+,36+,37-/m0/s1. The molecule has 8 atom stereocenters. The van der Waals surface area contributed by atoms with Crippen LogP contribution in [0.15, 0.2) is 91.0 Å². The van der Waals surface area contributed by atoms with Crippen LogP contribution in [0.25, 0.3) is 0 Å². The SMILES string of the molecule is CC[C@H](C)[C@H](NC(=O)OC(C)(C)C)C(=O)N[C@@H](CC(N)=O)C(=O)N[C@@H](CO)[C@@H](O)[C@@H](O)[C@H](O)C(=O)N[C@@H](CC(=O)OC(c1ccccc1)c1ccccc1)c1ccccc1. The molecule has 3 aromatic carbocycles. The smallest absolute Gasteiger partial charge is 0.408 e. The fraction of sp³-hybridized carbons (Fsp3) is 0.442. The number of nitrogens with one attached hydrogen (secondary N) is 4. The largest absolute Gasteiger partial charge is 0.452 e. The second-order valence-electron chi connectivity index (χ2n) is 15.3. The van der Waals surface area contributed by atoms with E-state index in [1.807, 2.05) is 12.1 Å². The second kappa shape index (κ2) is 23.1. The lowest BCUT2D eigenvalue weighted by Crippen LogP contribution is -2.61. The van der Waals surface area contributed by atoms with Gasteiger partial charge in [-0.2, -0.15) is 0 Å². The number of benzene rings is 3. The second-order valence-corrected chi connectivity index (χ2v) is 15.3. The van der Waals surface area contributed by atoms with Crippen molar-refractivity contribution in [2.75, 3.05) is 6.61 Å². The van der Waals surface area contributed by atoms with Crippen molar-refractivity contribution >= 4 is 35.7 Å². The Hall–Kier alpha value is -5.88. The lowest BCUT2D eigenvalue weighted by molar-refractivity contribution is -0.149. The Kier molecular flexibility index (Phi) is 18.6. The van der Waals surface area contributed by atoms with Crippen LogP contribution >= 0.6 is 0 Å². The molecule has 0 aliphatic rings. The van der Waals surface area contributed by atoms with E-state index in [4.69, 9.17) is 15.2 Å². The molecule has 0 aromatic heterocycles. The maximum absolute atomic E-state index is 13.5. The van der Waals surface area contributed by atoms with Crippen LogP contribution < -0.4 is 27.0 Å². The highest BCUT2D eigenvalue weighted by atomic mass is 16.6. The maximum atomic E-state index is 13.5. The highest BCUT2D eigenvalue weighted by Crippen LogP contribution is 2.28. The molecule has 60 heavy (non-hydrogen) atoms. The molecule has 10 N–H and O–H groups in total. The highest BCUT2D eigenvalue weighted by Gasteiger charge is 2.39. The first-order valence-electron chi connectivity index (χ1n) is 19.5. The molecule has 0 spiro atoms. The Morgan fingerprint density at radius 2 is 1.20 bits per heavy atom. The number of amides is 5. The van der Waals surface area contributed by atoms with Gasteiger partial charge in [0, 0.05) is 0 Å². The molecule has 0 saturated carbocycles. The number of carbonyl (C=O) groups is 6. The number of nitrogens with two attached hydrogens (primary N) is 1. The molecular formula is C43H57N5O12. The summed E-state index contributed by atoms with van der Waals surface area (Å²) in [6, 6.07) is 20.6. The summed E-state index contributed by atoms with van der Waals surface area (Å²) in [4.78, 5) is 78.2. The van der Waals surface area contributed by atoms with Crippen LogP contribution in [-0.4, -0.2) is 105 Å². The minimum absolute atomic E-state index is 0.409. The predicted molar refractivity (Wildman–Crippen MR) is 218 cm³/mol. The molecule has 5 amide bonds. The van der Waals surface area contributed by atoms with E-state index >= 15 is 0 Å². The van der Waals surface area contributed by atoms with Gasteiger partial charge in [0.1, 0.15) is 29.9 Å². The van der Waals surface area contributed by atoms with Gasteiger partial charge in [-0.3, -0.25) is 24.0 Å². The van der Waals surface area contributed by atoms with Crippen LogP contribution in [0.3, 0.4) is 0 Å². The zero-order valence-corrected chi connectivity index (χ0v) is 34.3. The summed E-state index contributed by atoms with van der Waals surface area (Å²) in [6.45, 7) is 7.25. The van der Waals surface area contributed by atoms with E-state index in [1.165, 1.54) is 0 Å². The lowest BCUT2D eigenvalue weighted by atomic mass is 9.97. The summed E-state index contributed by atoms with van der Waals surface area (Å²) in [5.74, 6) is -5.44. The number of primary amides is 1. The number of hydrogen-bond acceptors (Lipinski definition) is 12. The summed E-state index contributed by atoms with van der Waals surface area (Å²) in [5, 5.41) is 52.5. The number of alkyl carbamates (subject to hydrolysis) is 1. The monoisotopic (exact) mass is 835 g/mol. The van der Waals surface area contributed by atoms with Crippen molar-refractivity contribution in [2.45, 2.75) is 108 Å². The molecule has 326 valence electrons. The molecule has 3 aromatic rings. The lowest BCUT2D eigenvalue weighted by Gasteiger charge is -2.31. The topological polar surface area (TPSA) is 276 Å². The molecule has 0 aliphatic heterocycles. The third-order valence-electron chi connectivity index (χ3n) is 9.43. The van der Waals surface area contributed by atoms with Crippen molar-refractivity contribution in [1.29, 1.82) is 0 Å². The van der Waals surface area contributed by atoms with Crippen LogP contribution in [0, 0.1) is 5.92 Å². The number of rotatable bonds is 21. The third-order valence-corrected chi connectivity index (χ3v) is 9.43. The zero-order chi connectivity index (χ0) is 44.6. The van der Waals surface area contributed by atoms with Gasteiger partial charge in [-0.15, -0.1) is 0 Å². The van der Waals surface area contributed by atoms with Crippen LogP contribution in [0.4, 0.5) is 4.79 Å². The number of aliphatic hydroxyl groups excluding tert-OH is 4. The van der Waals surface area contributed by atoms with Gasteiger partial charge in [0.15, 0.2) is 12.2 Å². The Labute approximate surface area is 349 Å². The molecule has 3 rings (SSSR count). The van der Waals surface area contributed by atoms with E-state index in [9.17, 15) is 49.2 Å². The Balaban J connectivity index is 1.74. The van der Waals surface area contributed by atoms with Crippen molar-refractivity contribution in [2.24, 2.45) is 11.7 Å². The van der Waals surface area contributed by atoms with E-state index < -0.39 is 115 Å². The van der Waals surface area contributed by atoms with E-state index in [0.717, 1.165) is 0 Å². The Morgan fingerprint density at radius 3 is 1.67 bits per heavy atom. The first-order chi connectivity index (χ1) is 28.3. The van der Waals surface area contributed by atoms with Crippen molar-refractivity contribution in [1.82, 2.24) is 21.3 Å². The normalized spacial score (nSPS) is 15.4. The first-order valence-corrected chi connectivity index (χ1v) is 19.5. The van der Waals surface area contributed by atoms with Crippen molar-refractivity contribution in [3.63, 3.8) is 0 Å². The molecule has 0 saturated heterocycles.